The zero-order valence-corrected chi connectivity index (χ0v) is 9.64. The van der Waals surface area contributed by atoms with Crippen LogP contribution in [0.5, 0.6) is 0 Å². The second kappa shape index (κ2) is 6.09. The summed E-state index contributed by atoms with van der Waals surface area (Å²) in [7, 11) is 0. The van der Waals surface area contributed by atoms with Crippen LogP contribution in [0.25, 0.3) is 0 Å². The highest BCUT2D eigenvalue weighted by atomic mass is 35.5. The van der Waals surface area contributed by atoms with E-state index in [1.54, 1.807) is 4.57 Å². The number of aromatic nitrogens is 2. The van der Waals surface area contributed by atoms with Crippen molar-refractivity contribution >= 4 is 23.4 Å². The molecule has 14 heavy (non-hydrogen) atoms. The molecule has 0 aliphatic heterocycles. The molecule has 0 unspecified atom stereocenters. The number of rotatable bonds is 5. The molecule has 0 atom stereocenters. The second-order valence-corrected chi connectivity index (χ2v) is 4.57. The minimum Gasteiger partial charge on any atom is -0.299 e. The lowest BCUT2D eigenvalue weighted by atomic mass is 10.4. The van der Waals surface area contributed by atoms with Crippen molar-refractivity contribution in [3.8, 4) is 0 Å². The molecule has 1 aromatic rings. The maximum atomic E-state index is 11.3. The number of nitrogens with zero attached hydrogens (tertiary/aromatic N) is 2. The van der Waals surface area contributed by atoms with Crippen LogP contribution in [-0.4, -0.2) is 21.1 Å². The van der Waals surface area contributed by atoms with Crippen molar-refractivity contribution in [1.82, 2.24) is 9.55 Å². The fourth-order valence-electron chi connectivity index (χ4n) is 1.05. The van der Waals surface area contributed by atoms with Gasteiger partial charge in [0.1, 0.15) is 5.15 Å². The first-order valence-electron chi connectivity index (χ1n) is 4.53. The zero-order chi connectivity index (χ0) is 10.4. The van der Waals surface area contributed by atoms with Crippen LogP contribution in [0.1, 0.15) is 13.3 Å². The Morgan fingerprint density at radius 2 is 2.43 bits per heavy atom. The maximum Gasteiger partial charge on any atom is 0.254 e. The summed E-state index contributed by atoms with van der Waals surface area (Å²) in [5.74, 6) is 2.19. The van der Waals surface area contributed by atoms with E-state index in [4.69, 9.17) is 11.6 Å². The third-order valence-corrected chi connectivity index (χ3v) is 2.93. The van der Waals surface area contributed by atoms with Crippen LogP contribution in [0.15, 0.2) is 17.2 Å². The molecule has 0 saturated carbocycles. The number of halogens is 1. The van der Waals surface area contributed by atoms with Crippen molar-refractivity contribution < 1.29 is 0 Å². The molecule has 0 fully saturated rings. The summed E-state index contributed by atoms with van der Waals surface area (Å²) < 4.78 is 1.59. The van der Waals surface area contributed by atoms with E-state index in [9.17, 15) is 4.79 Å². The van der Waals surface area contributed by atoms with Gasteiger partial charge in [-0.2, -0.15) is 11.8 Å². The Kier molecular flexibility index (Phi) is 5.04. The summed E-state index contributed by atoms with van der Waals surface area (Å²) in [4.78, 5) is 15.2. The molecule has 0 N–H and O–H groups in total. The predicted molar refractivity (Wildman–Crippen MR) is 61.1 cm³/mol. The molecule has 1 heterocycles. The highest BCUT2D eigenvalue weighted by Gasteiger charge is 1.97. The summed E-state index contributed by atoms with van der Waals surface area (Å²) in [6.07, 6.45) is 2.49. The average molecular weight is 233 g/mol. The van der Waals surface area contributed by atoms with E-state index >= 15 is 0 Å². The molecular weight excluding hydrogens is 220 g/mol. The molecule has 0 amide bonds. The van der Waals surface area contributed by atoms with Crippen molar-refractivity contribution in [2.45, 2.75) is 19.9 Å². The van der Waals surface area contributed by atoms with Crippen LogP contribution in [0.4, 0.5) is 0 Å². The summed E-state index contributed by atoms with van der Waals surface area (Å²) in [5, 5.41) is 0.259. The zero-order valence-electron chi connectivity index (χ0n) is 8.07. The first kappa shape index (κ1) is 11.6. The average Bonchev–Trinajstić information content (AvgIpc) is 2.15. The largest absolute Gasteiger partial charge is 0.299 e. The highest BCUT2D eigenvalue weighted by Crippen LogP contribution is 2.02. The third-order valence-electron chi connectivity index (χ3n) is 1.74. The molecule has 0 aliphatic carbocycles. The van der Waals surface area contributed by atoms with Gasteiger partial charge in [0.2, 0.25) is 0 Å². The Morgan fingerprint density at radius 3 is 3.07 bits per heavy atom. The van der Waals surface area contributed by atoms with Gasteiger partial charge >= 0.3 is 0 Å². The Balaban J connectivity index is 2.47. The number of thioether (sulfide) groups is 1. The summed E-state index contributed by atoms with van der Waals surface area (Å²) in [6.45, 7) is 2.84. The van der Waals surface area contributed by atoms with E-state index in [1.165, 1.54) is 12.4 Å². The molecule has 5 heteroatoms. The SMILES string of the molecule is CCSCCCn1cnc(Cl)cc1=O. The lowest BCUT2D eigenvalue weighted by molar-refractivity contribution is 0.644. The smallest absolute Gasteiger partial charge is 0.254 e. The van der Waals surface area contributed by atoms with Gasteiger partial charge < -0.3 is 0 Å². The van der Waals surface area contributed by atoms with Crippen molar-refractivity contribution in [3.63, 3.8) is 0 Å². The summed E-state index contributed by atoms with van der Waals surface area (Å²) in [5.41, 5.74) is -0.0773. The van der Waals surface area contributed by atoms with Crippen molar-refractivity contribution in [2.24, 2.45) is 0 Å². The molecule has 78 valence electrons. The van der Waals surface area contributed by atoms with E-state index in [1.807, 2.05) is 11.8 Å². The minimum atomic E-state index is -0.0773. The van der Waals surface area contributed by atoms with Gasteiger partial charge in [0.05, 0.1) is 6.33 Å². The normalized spacial score (nSPS) is 10.4. The summed E-state index contributed by atoms with van der Waals surface area (Å²) >= 11 is 7.45. The fourth-order valence-corrected chi connectivity index (χ4v) is 1.81. The van der Waals surface area contributed by atoms with Crippen molar-refractivity contribution in [1.29, 1.82) is 0 Å². The van der Waals surface area contributed by atoms with Crippen LogP contribution in [0, 0.1) is 0 Å². The Morgan fingerprint density at radius 1 is 1.64 bits per heavy atom. The van der Waals surface area contributed by atoms with Crippen LogP contribution >= 0.6 is 23.4 Å². The fraction of sp³-hybridized carbons (Fsp3) is 0.556. The Bertz CT molecular complexity index is 340. The molecule has 0 aromatic carbocycles. The van der Waals surface area contributed by atoms with Gasteiger partial charge in [-0.1, -0.05) is 18.5 Å². The van der Waals surface area contributed by atoms with Crippen molar-refractivity contribution in [3.05, 3.63) is 27.9 Å². The van der Waals surface area contributed by atoms with Crippen LogP contribution in [0.3, 0.4) is 0 Å². The molecule has 0 radical (unpaired) electrons. The van der Waals surface area contributed by atoms with Gasteiger partial charge in [0.25, 0.3) is 5.56 Å². The second-order valence-electron chi connectivity index (χ2n) is 2.79. The topological polar surface area (TPSA) is 34.9 Å². The van der Waals surface area contributed by atoms with E-state index in [-0.39, 0.29) is 10.7 Å². The van der Waals surface area contributed by atoms with Gasteiger partial charge in [-0.3, -0.25) is 9.36 Å². The molecule has 0 spiro atoms. The first-order chi connectivity index (χ1) is 6.74. The number of aryl methyl sites for hydroxylation is 1. The predicted octanol–water partition coefficient (Wildman–Crippen LogP) is 2.04. The molecule has 1 aromatic heterocycles. The molecule has 0 saturated heterocycles. The molecule has 0 bridgehead atoms. The molecule has 0 aliphatic rings. The van der Waals surface area contributed by atoms with E-state index in [2.05, 4.69) is 11.9 Å². The lowest BCUT2D eigenvalue weighted by Gasteiger charge is -2.03. The first-order valence-corrected chi connectivity index (χ1v) is 6.07. The van der Waals surface area contributed by atoms with E-state index in [0.717, 1.165) is 24.5 Å². The van der Waals surface area contributed by atoms with Gasteiger partial charge in [-0.25, -0.2) is 4.98 Å². The monoisotopic (exact) mass is 232 g/mol. The standard InChI is InChI=1S/C9H13ClN2OS/c1-2-14-5-3-4-12-7-11-8(10)6-9(12)13/h6-7H,2-5H2,1H3. The van der Waals surface area contributed by atoms with Gasteiger partial charge in [0.15, 0.2) is 0 Å². The maximum absolute atomic E-state index is 11.3. The van der Waals surface area contributed by atoms with E-state index in [0.29, 0.717) is 0 Å². The van der Waals surface area contributed by atoms with Gasteiger partial charge in [-0.05, 0) is 17.9 Å². The molecular formula is C9H13ClN2OS. The van der Waals surface area contributed by atoms with E-state index < -0.39 is 0 Å². The van der Waals surface area contributed by atoms with Crippen molar-refractivity contribution in [2.75, 3.05) is 11.5 Å². The quantitative estimate of drug-likeness (QED) is 0.576. The number of hydrogen-bond acceptors (Lipinski definition) is 3. The van der Waals surface area contributed by atoms with Crippen LogP contribution in [0.2, 0.25) is 5.15 Å². The third kappa shape index (κ3) is 3.72. The van der Waals surface area contributed by atoms with Crippen LogP contribution < -0.4 is 5.56 Å². The Hall–Kier alpha value is -0.480. The highest BCUT2D eigenvalue weighted by molar-refractivity contribution is 7.99. The van der Waals surface area contributed by atoms with Gasteiger partial charge in [0, 0.05) is 12.6 Å². The van der Waals surface area contributed by atoms with Gasteiger partial charge in [-0.15, -0.1) is 0 Å². The Labute approximate surface area is 92.5 Å². The van der Waals surface area contributed by atoms with Crippen LogP contribution in [-0.2, 0) is 6.54 Å². The minimum absolute atomic E-state index is 0.0773. The molecule has 1 rings (SSSR count). The summed E-state index contributed by atoms with van der Waals surface area (Å²) in [6, 6.07) is 1.34. The number of hydrogen-bond donors (Lipinski definition) is 0. The molecule has 3 nitrogen and oxygen atoms in total. The lowest BCUT2D eigenvalue weighted by Crippen LogP contribution is -2.19.